The highest BCUT2D eigenvalue weighted by Gasteiger charge is 2.23. The lowest BCUT2D eigenvalue weighted by Gasteiger charge is -2.05. The molecule has 1 aromatic heterocycles. The Labute approximate surface area is 120 Å². The summed E-state index contributed by atoms with van der Waals surface area (Å²) in [7, 11) is 0. The number of hydrogen-bond donors (Lipinski definition) is 1. The molecule has 0 aliphatic heterocycles. The molecule has 0 radical (unpaired) electrons. The minimum absolute atomic E-state index is 0.797. The van der Waals surface area contributed by atoms with E-state index in [1.165, 1.54) is 18.4 Å². The van der Waals surface area contributed by atoms with Crippen molar-refractivity contribution < 1.29 is 0 Å². The summed E-state index contributed by atoms with van der Waals surface area (Å²) in [6.45, 7) is 5.18. The summed E-state index contributed by atoms with van der Waals surface area (Å²) >= 11 is 0. The fourth-order valence-corrected chi connectivity index (χ4v) is 2.82. The van der Waals surface area contributed by atoms with E-state index in [9.17, 15) is 0 Å². The first-order chi connectivity index (χ1) is 9.74. The van der Waals surface area contributed by atoms with E-state index in [1.54, 1.807) is 0 Å². The molecule has 3 nitrogen and oxygen atoms in total. The van der Waals surface area contributed by atoms with Crippen molar-refractivity contribution in [2.75, 3.05) is 5.73 Å². The van der Waals surface area contributed by atoms with Crippen LogP contribution in [0.5, 0.6) is 0 Å². The van der Waals surface area contributed by atoms with E-state index in [2.05, 4.69) is 42.7 Å². The molecule has 1 fully saturated rings. The molecule has 1 heterocycles. The number of rotatable bonds is 5. The van der Waals surface area contributed by atoms with Crippen LogP contribution in [0.25, 0.3) is 11.3 Å². The van der Waals surface area contributed by atoms with Crippen LogP contribution in [-0.4, -0.2) is 9.55 Å². The van der Waals surface area contributed by atoms with E-state index >= 15 is 0 Å². The molecule has 0 spiro atoms. The quantitative estimate of drug-likeness (QED) is 0.892. The number of aryl methyl sites for hydroxylation is 1. The lowest BCUT2D eigenvalue weighted by Crippen LogP contribution is -2.05. The number of nitrogens with zero attached hydrogens (tertiary/aromatic N) is 2. The predicted molar refractivity (Wildman–Crippen MR) is 83.7 cm³/mol. The first-order valence-corrected chi connectivity index (χ1v) is 7.69. The third kappa shape index (κ3) is 2.33. The number of benzene rings is 1. The van der Waals surface area contributed by atoms with Crippen LogP contribution < -0.4 is 5.73 Å². The van der Waals surface area contributed by atoms with Crippen molar-refractivity contribution in [2.24, 2.45) is 0 Å². The van der Waals surface area contributed by atoms with E-state index in [0.717, 1.165) is 48.2 Å². The Hall–Kier alpha value is -1.77. The standard InChI is InChI=1S/C17H23N3/c1-3-5-15-19-16(17(18)20(15)4-2)14-10-8-13(9-11-14)12-6-7-12/h8-12H,3-7,18H2,1-2H3. The second kappa shape index (κ2) is 5.31. The number of imidazole rings is 1. The van der Waals surface area contributed by atoms with Crippen molar-refractivity contribution in [1.82, 2.24) is 9.55 Å². The Morgan fingerprint density at radius 3 is 2.45 bits per heavy atom. The van der Waals surface area contributed by atoms with Gasteiger partial charge in [0.15, 0.2) is 0 Å². The molecule has 0 unspecified atom stereocenters. The van der Waals surface area contributed by atoms with Crippen molar-refractivity contribution in [2.45, 2.75) is 52.0 Å². The Bertz CT molecular complexity index is 591. The highest BCUT2D eigenvalue weighted by Crippen LogP contribution is 2.40. The van der Waals surface area contributed by atoms with Gasteiger partial charge in [0, 0.05) is 18.5 Å². The van der Waals surface area contributed by atoms with Crippen LogP contribution in [0.2, 0.25) is 0 Å². The lowest BCUT2D eigenvalue weighted by molar-refractivity contribution is 0.690. The van der Waals surface area contributed by atoms with Crippen molar-refractivity contribution >= 4 is 5.82 Å². The summed E-state index contributed by atoms with van der Waals surface area (Å²) in [4.78, 5) is 4.77. The molecular formula is C17H23N3. The zero-order chi connectivity index (χ0) is 14.1. The first-order valence-electron chi connectivity index (χ1n) is 7.69. The zero-order valence-corrected chi connectivity index (χ0v) is 12.4. The Morgan fingerprint density at radius 1 is 1.20 bits per heavy atom. The number of aromatic nitrogens is 2. The molecule has 1 saturated carbocycles. The summed E-state index contributed by atoms with van der Waals surface area (Å²) in [6.07, 6.45) is 4.76. The van der Waals surface area contributed by atoms with E-state index in [4.69, 9.17) is 10.7 Å². The SMILES string of the molecule is CCCc1nc(-c2ccc(C3CC3)cc2)c(N)n1CC. The van der Waals surface area contributed by atoms with Gasteiger partial charge in [-0.25, -0.2) is 4.98 Å². The lowest BCUT2D eigenvalue weighted by atomic mass is 10.1. The number of hydrogen-bond acceptors (Lipinski definition) is 2. The Kier molecular flexibility index (Phi) is 3.51. The summed E-state index contributed by atoms with van der Waals surface area (Å²) < 4.78 is 2.13. The average molecular weight is 269 g/mol. The topological polar surface area (TPSA) is 43.8 Å². The molecule has 0 amide bonds. The first kappa shape index (κ1) is 13.2. The van der Waals surface area contributed by atoms with Crippen molar-refractivity contribution in [1.29, 1.82) is 0 Å². The highest BCUT2D eigenvalue weighted by atomic mass is 15.1. The van der Waals surface area contributed by atoms with Crippen molar-refractivity contribution in [3.8, 4) is 11.3 Å². The van der Waals surface area contributed by atoms with Crippen LogP contribution in [0.4, 0.5) is 5.82 Å². The molecule has 106 valence electrons. The van der Waals surface area contributed by atoms with Gasteiger partial charge in [0.2, 0.25) is 0 Å². The predicted octanol–water partition coefficient (Wildman–Crippen LogP) is 3.98. The van der Waals surface area contributed by atoms with Gasteiger partial charge < -0.3 is 10.3 Å². The molecule has 1 aromatic carbocycles. The second-order valence-electron chi connectivity index (χ2n) is 5.65. The third-order valence-corrected chi connectivity index (χ3v) is 4.11. The van der Waals surface area contributed by atoms with Crippen LogP contribution in [0, 0.1) is 0 Å². The van der Waals surface area contributed by atoms with Gasteiger partial charge in [-0.3, -0.25) is 0 Å². The van der Waals surface area contributed by atoms with Gasteiger partial charge in [0.05, 0.1) is 0 Å². The van der Waals surface area contributed by atoms with Gasteiger partial charge in [0.25, 0.3) is 0 Å². The molecule has 1 aliphatic carbocycles. The van der Waals surface area contributed by atoms with E-state index in [-0.39, 0.29) is 0 Å². The molecule has 0 atom stereocenters. The van der Waals surface area contributed by atoms with E-state index < -0.39 is 0 Å². The van der Waals surface area contributed by atoms with Crippen LogP contribution in [-0.2, 0) is 13.0 Å². The van der Waals surface area contributed by atoms with Crippen molar-refractivity contribution in [3.63, 3.8) is 0 Å². The molecule has 2 aromatic rings. The smallest absolute Gasteiger partial charge is 0.131 e. The maximum absolute atomic E-state index is 6.29. The normalized spacial score (nSPS) is 14.7. The van der Waals surface area contributed by atoms with E-state index in [1.807, 2.05) is 0 Å². The fraction of sp³-hybridized carbons (Fsp3) is 0.471. The van der Waals surface area contributed by atoms with Crippen molar-refractivity contribution in [3.05, 3.63) is 35.7 Å². The molecule has 3 heteroatoms. The molecule has 3 rings (SSSR count). The van der Waals surface area contributed by atoms with Gasteiger partial charge in [-0.1, -0.05) is 31.2 Å². The molecule has 0 bridgehead atoms. The highest BCUT2D eigenvalue weighted by molar-refractivity contribution is 5.71. The van der Waals surface area contributed by atoms with Gasteiger partial charge in [-0.15, -0.1) is 0 Å². The van der Waals surface area contributed by atoms with Crippen LogP contribution in [0.15, 0.2) is 24.3 Å². The summed E-state index contributed by atoms with van der Waals surface area (Å²) in [6, 6.07) is 8.80. The molecular weight excluding hydrogens is 246 g/mol. The van der Waals surface area contributed by atoms with Crippen LogP contribution in [0.3, 0.4) is 0 Å². The number of nitrogen functional groups attached to an aromatic ring is 1. The molecule has 1 aliphatic rings. The van der Waals surface area contributed by atoms with Crippen LogP contribution in [0.1, 0.15) is 50.4 Å². The van der Waals surface area contributed by atoms with Gasteiger partial charge >= 0.3 is 0 Å². The fourth-order valence-electron chi connectivity index (χ4n) is 2.82. The third-order valence-electron chi connectivity index (χ3n) is 4.11. The van der Waals surface area contributed by atoms with Gasteiger partial charge in [-0.05, 0) is 37.7 Å². The monoisotopic (exact) mass is 269 g/mol. The van der Waals surface area contributed by atoms with Gasteiger partial charge in [-0.2, -0.15) is 0 Å². The van der Waals surface area contributed by atoms with Crippen LogP contribution >= 0.6 is 0 Å². The molecule has 0 saturated heterocycles. The largest absolute Gasteiger partial charge is 0.383 e. The maximum atomic E-state index is 6.29. The Morgan fingerprint density at radius 2 is 1.90 bits per heavy atom. The van der Waals surface area contributed by atoms with Gasteiger partial charge in [0.1, 0.15) is 17.3 Å². The minimum atomic E-state index is 0.797. The molecule has 20 heavy (non-hydrogen) atoms. The summed E-state index contributed by atoms with van der Waals surface area (Å²) in [5, 5.41) is 0. The second-order valence-corrected chi connectivity index (χ2v) is 5.65. The summed E-state index contributed by atoms with van der Waals surface area (Å²) in [5.41, 5.74) is 9.82. The maximum Gasteiger partial charge on any atom is 0.131 e. The average Bonchev–Trinajstić information content (AvgIpc) is 3.26. The molecule has 2 N–H and O–H groups in total. The number of nitrogens with two attached hydrogens (primary N) is 1. The zero-order valence-electron chi connectivity index (χ0n) is 12.4. The summed E-state index contributed by atoms with van der Waals surface area (Å²) in [5.74, 6) is 2.70. The minimum Gasteiger partial charge on any atom is -0.383 e. The number of anilines is 1. The van der Waals surface area contributed by atoms with E-state index in [0.29, 0.717) is 0 Å². The Balaban J connectivity index is 1.95.